The maximum absolute atomic E-state index is 13.3. The zero-order chi connectivity index (χ0) is 10.8. The Morgan fingerprint density at radius 3 is 2.73 bits per heavy atom. The monoisotopic (exact) mass is 320 g/mol. The van der Waals surface area contributed by atoms with Gasteiger partial charge in [0.2, 0.25) is 0 Å². The third-order valence-corrected chi connectivity index (χ3v) is 2.52. The van der Waals surface area contributed by atoms with Crippen LogP contribution in [0, 0.1) is 15.3 Å². The van der Waals surface area contributed by atoms with E-state index in [1.807, 2.05) is 0 Å². The Balaban J connectivity index is 2.27. The summed E-state index contributed by atoms with van der Waals surface area (Å²) in [5.74, 6) is -0.852. The van der Waals surface area contributed by atoms with E-state index >= 15 is 0 Å². The third kappa shape index (κ3) is 2.53. The highest BCUT2D eigenvalue weighted by Gasteiger charge is 2.05. The van der Waals surface area contributed by atoms with Crippen LogP contribution >= 0.6 is 22.6 Å². The zero-order valence-electron chi connectivity index (χ0n) is 7.62. The first kappa shape index (κ1) is 10.5. The van der Waals surface area contributed by atoms with Crippen molar-refractivity contribution in [1.29, 1.82) is 0 Å². The standard InChI is InChI=1S/C10H7F2IN2/c11-8-1-2-9(12)7(5-8)6-15-4-3-10(13)14-15/h1-5H,6H2. The van der Waals surface area contributed by atoms with Crippen molar-refractivity contribution >= 4 is 22.6 Å². The van der Waals surface area contributed by atoms with Crippen molar-refractivity contribution in [1.82, 2.24) is 9.78 Å². The Labute approximate surface area is 99.1 Å². The summed E-state index contributed by atoms with van der Waals surface area (Å²) in [6.45, 7) is 0.243. The van der Waals surface area contributed by atoms with Crippen LogP contribution in [0.5, 0.6) is 0 Å². The van der Waals surface area contributed by atoms with E-state index < -0.39 is 11.6 Å². The SMILES string of the molecule is Fc1ccc(F)c(Cn2ccc(I)n2)c1. The van der Waals surface area contributed by atoms with Crippen LogP contribution in [0.2, 0.25) is 0 Å². The summed E-state index contributed by atoms with van der Waals surface area (Å²) in [5, 5.41) is 4.09. The zero-order valence-corrected chi connectivity index (χ0v) is 9.78. The molecule has 0 radical (unpaired) electrons. The summed E-state index contributed by atoms with van der Waals surface area (Å²) in [7, 11) is 0. The second kappa shape index (κ2) is 4.26. The summed E-state index contributed by atoms with van der Waals surface area (Å²) in [4.78, 5) is 0. The van der Waals surface area contributed by atoms with Crippen molar-refractivity contribution in [3.05, 3.63) is 51.4 Å². The largest absolute Gasteiger partial charge is 0.267 e. The van der Waals surface area contributed by atoms with Gasteiger partial charge in [0.1, 0.15) is 15.3 Å². The van der Waals surface area contributed by atoms with Gasteiger partial charge < -0.3 is 0 Å². The summed E-state index contributed by atoms with van der Waals surface area (Å²) in [5.41, 5.74) is 0.300. The first-order valence-corrected chi connectivity index (χ1v) is 5.36. The number of nitrogens with zero attached hydrogens (tertiary/aromatic N) is 2. The molecule has 0 bridgehead atoms. The van der Waals surface area contributed by atoms with E-state index in [4.69, 9.17) is 0 Å². The molecule has 0 aliphatic heterocycles. The summed E-state index contributed by atoms with van der Waals surface area (Å²) < 4.78 is 28.5. The summed E-state index contributed by atoms with van der Waals surface area (Å²) in [6.07, 6.45) is 1.73. The van der Waals surface area contributed by atoms with Crippen molar-refractivity contribution in [2.75, 3.05) is 0 Å². The van der Waals surface area contributed by atoms with Crippen molar-refractivity contribution < 1.29 is 8.78 Å². The minimum atomic E-state index is -0.437. The summed E-state index contributed by atoms with van der Waals surface area (Å²) >= 11 is 2.06. The van der Waals surface area contributed by atoms with Gasteiger partial charge in [-0.05, 0) is 46.9 Å². The van der Waals surface area contributed by atoms with E-state index in [1.54, 1.807) is 16.9 Å². The summed E-state index contributed by atoms with van der Waals surface area (Å²) in [6, 6.07) is 5.21. The first-order chi connectivity index (χ1) is 7.15. The Bertz CT molecular complexity index is 482. The quantitative estimate of drug-likeness (QED) is 0.778. The molecule has 0 unspecified atom stereocenters. The Kier molecular flexibility index (Phi) is 2.99. The van der Waals surface area contributed by atoms with Crippen LogP contribution in [-0.4, -0.2) is 9.78 Å². The first-order valence-electron chi connectivity index (χ1n) is 4.28. The molecule has 15 heavy (non-hydrogen) atoms. The van der Waals surface area contributed by atoms with E-state index in [1.165, 1.54) is 6.07 Å². The fourth-order valence-corrected chi connectivity index (χ4v) is 1.70. The maximum Gasteiger partial charge on any atom is 0.128 e. The molecule has 1 aromatic carbocycles. The van der Waals surface area contributed by atoms with E-state index in [0.717, 1.165) is 15.8 Å². The molecule has 0 atom stereocenters. The highest BCUT2D eigenvalue weighted by atomic mass is 127. The van der Waals surface area contributed by atoms with Gasteiger partial charge in [-0.1, -0.05) is 0 Å². The van der Waals surface area contributed by atoms with Gasteiger partial charge in [0.05, 0.1) is 6.54 Å². The lowest BCUT2D eigenvalue weighted by atomic mass is 10.2. The molecule has 0 aliphatic rings. The normalized spacial score (nSPS) is 10.6. The third-order valence-electron chi connectivity index (χ3n) is 1.95. The smallest absolute Gasteiger partial charge is 0.128 e. The van der Waals surface area contributed by atoms with Crippen LogP contribution in [0.15, 0.2) is 30.5 Å². The predicted octanol–water partition coefficient (Wildman–Crippen LogP) is 2.81. The van der Waals surface area contributed by atoms with Crippen molar-refractivity contribution in [3.8, 4) is 0 Å². The van der Waals surface area contributed by atoms with Crippen molar-refractivity contribution in [2.24, 2.45) is 0 Å². The number of halogens is 3. The molecule has 0 N–H and O–H groups in total. The molecule has 0 amide bonds. The minimum Gasteiger partial charge on any atom is -0.267 e. The molecule has 0 fully saturated rings. The van der Waals surface area contributed by atoms with Crippen LogP contribution in [-0.2, 0) is 6.54 Å². The van der Waals surface area contributed by atoms with Crippen LogP contribution in [0.1, 0.15) is 5.56 Å². The second-order valence-electron chi connectivity index (χ2n) is 3.07. The molecular formula is C10H7F2IN2. The lowest BCUT2D eigenvalue weighted by Crippen LogP contribution is -2.03. The Morgan fingerprint density at radius 1 is 1.27 bits per heavy atom. The molecular weight excluding hydrogens is 313 g/mol. The fourth-order valence-electron chi connectivity index (χ4n) is 1.26. The van der Waals surface area contributed by atoms with Crippen LogP contribution in [0.3, 0.4) is 0 Å². The van der Waals surface area contributed by atoms with Crippen molar-refractivity contribution in [2.45, 2.75) is 6.54 Å². The molecule has 0 saturated carbocycles. The molecule has 2 rings (SSSR count). The number of hydrogen-bond acceptors (Lipinski definition) is 1. The fraction of sp³-hybridized carbons (Fsp3) is 0.100. The molecule has 0 saturated heterocycles. The van der Waals surface area contributed by atoms with Gasteiger partial charge in [0, 0.05) is 11.8 Å². The van der Waals surface area contributed by atoms with Gasteiger partial charge in [0.15, 0.2) is 0 Å². The second-order valence-corrected chi connectivity index (χ2v) is 4.18. The van der Waals surface area contributed by atoms with Crippen molar-refractivity contribution in [3.63, 3.8) is 0 Å². The van der Waals surface area contributed by atoms with E-state index in [0.29, 0.717) is 5.56 Å². The Morgan fingerprint density at radius 2 is 2.07 bits per heavy atom. The van der Waals surface area contributed by atoms with Crippen LogP contribution in [0.4, 0.5) is 8.78 Å². The molecule has 2 aromatic rings. The number of aromatic nitrogens is 2. The Hall–Kier alpha value is -0.980. The number of rotatable bonds is 2. The highest BCUT2D eigenvalue weighted by Crippen LogP contribution is 2.11. The van der Waals surface area contributed by atoms with E-state index in [2.05, 4.69) is 27.7 Å². The van der Waals surface area contributed by atoms with E-state index in [-0.39, 0.29) is 6.54 Å². The van der Waals surface area contributed by atoms with E-state index in [9.17, 15) is 8.78 Å². The molecule has 0 spiro atoms. The minimum absolute atomic E-state index is 0.243. The van der Waals surface area contributed by atoms with Gasteiger partial charge in [-0.15, -0.1) is 0 Å². The lowest BCUT2D eigenvalue weighted by molar-refractivity contribution is 0.565. The van der Waals surface area contributed by atoms with Gasteiger partial charge in [-0.25, -0.2) is 8.78 Å². The van der Waals surface area contributed by atoms with Gasteiger partial charge in [-0.2, -0.15) is 5.10 Å². The molecule has 0 aliphatic carbocycles. The highest BCUT2D eigenvalue weighted by molar-refractivity contribution is 14.1. The molecule has 1 aromatic heterocycles. The van der Waals surface area contributed by atoms with Gasteiger partial charge in [-0.3, -0.25) is 4.68 Å². The molecule has 5 heteroatoms. The van der Waals surface area contributed by atoms with Gasteiger partial charge >= 0.3 is 0 Å². The topological polar surface area (TPSA) is 17.8 Å². The lowest BCUT2D eigenvalue weighted by Gasteiger charge is -2.03. The van der Waals surface area contributed by atoms with Gasteiger partial charge in [0.25, 0.3) is 0 Å². The predicted molar refractivity (Wildman–Crippen MR) is 60.4 cm³/mol. The van der Waals surface area contributed by atoms with Crippen LogP contribution in [0.25, 0.3) is 0 Å². The number of hydrogen-bond donors (Lipinski definition) is 0. The molecule has 78 valence electrons. The number of benzene rings is 1. The average Bonchev–Trinajstić information content (AvgIpc) is 2.58. The maximum atomic E-state index is 13.3. The molecule has 2 nitrogen and oxygen atoms in total. The van der Waals surface area contributed by atoms with Crippen LogP contribution < -0.4 is 0 Å². The molecule has 1 heterocycles. The average molecular weight is 320 g/mol.